The minimum atomic E-state index is -3.57. The van der Waals surface area contributed by atoms with Gasteiger partial charge in [-0.2, -0.15) is 8.78 Å². The second-order valence-electron chi connectivity index (χ2n) is 5.24. The van der Waals surface area contributed by atoms with E-state index in [1.54, 1.807) is 6.07 Å². The summed E-state index contributed by atoms with van der Waals surface area (Å²) in [5.74, 6) is -0.580. The third kappa shape index (κ3) is 5.85. The van der Waals surface area contributed by atoms with E-state index in [0.717, 1.165) is 6.26 Å². The first-order valence-electron chi connectivity index (χ1n) is 7.24. The summed E-state index contributed by atoms with van der Waals surface area (Å²) >= 11 is 5.90. The van der Waals surface area contributed by atoms with Crippen molar-refractivity contribution in [3.05, 3.63) is 58.6 Å². The van der Waals surface area contributed by atoms with Crippen LogP contribution in [-0.4, -0.2) is 27.2 Å². The van der Waals surface area contributed by atoms with Crippen LogP contribution in [0.1, 0.15) is 15.9 Å². The van der Waals surface area contributed by atoms with E-state index in [0.29, 0.717) is 5.56 Å². The number of hydrogen-bond acceptors (Lipinski definition) is 4. The van der Waals surface area contributed by atoms with Crippen LogP contribution in [0.5, 0.6) is 5.75 Å². The number of carbonyl (C=O) groups excluding carboxylic acids is 1. The number of anilines is 1. The zero-order valence-corrected chi connectivity index (χ0v) is 15.1. The van der Waals surface area contributed by atoms with Gasteiger partial charge < -0.3 is 10.1 Å². The topological polar surface area (TPSA) is 84.5 Å². The third-order valence-corrected chi connectivity index (χ3v) is 4.07. The van der Waals surface area contributed by atoms with E-state index in [1.807, 2.05) is 0 Å². The molecule has 26 heavy (non-hydrogen) atoms. The first-order chi connectivity index (χ1) is 12.2. The van der Waals surface area contributed by atoms with Crippen molar-refractivity contribution in [2.24, 2.45) is 0 Å². The van der Waals surface area contributed by atoms with Crippen LogP contribution in [-0.2, 0) is 16.6 Å². The normalized spacial score (nSPS) is 11.3. The van der Waals surface area contributed by atoms with Gasteiger partial charge in [-0.25, -0.2) is 8.42 Å². The Morgan fingerprint density at radius 1 is 1.23 bits per heavy atom. The van der Waals surface area contributed by atoms with Crippen molar-refractivity contribution >= 4 is 33.2 Å². The zero-order valence-electron chi connectivity index (χ0n) is 13.5. The Labute approximate surface area is 154 Å². The second kappa shape index (κ2) is 8.33. The molecule has 0 atom stereocenters. The number of carbonyl (C=O) groups is 1. The van der Waals surface area contributed by atoms with Gasteiger partial charge in [0, 0.05) is 17.7 Å². The van der Waals surface area contributed by atoms with Crippen LogP contribution in [0.25, 0.3) is 0 Å². The Morgan fingerprint density at radius 2 is 1.92 bits per heavy atom. The lowest BCUT2D eigenvalue weighted by molar-refractivity contribution is -0.0504. The summed E-state index contributed by atoms with van der Waals surface area (Å²) in [6.07, 6.45) is 0.954. The smallest absolute Gasteiger partial charge is 0.387 e. The van der Waals surface area contributed by atoms with Gasteiger partial charge in [0.05, 0.1) is 17.0 Å². The van der Waals surface area contributed by atoms with Crippen LogP contribution < -0.4 is 14.8 Å². The van der Waals surface area contributed by atoms with Crippen LogP contribution in [0.4, 0.5) is 14.5 Å². The van der Waals surface area contributed by atoms with Gasteiger partial charge in [0.15, 0.2) is 0 Å². The van der Waals surface area contributed by atoms with Gasteiger partial charge in [0.1, 0.15) is 5.75 Å². The Bertz CT molecular complexity index is 907. The molecule has 0 aliphatic carbocycles. The Hall–Kier alpha value is -2.39. The van der Waals surface area contributed by atoms with Crippen molar-refractivity contribution in [3.63, 3.8) is 0 Å². The molecule has 0 aliphatic heterocycles. The molecule has 2 aromatic rings. The highest BCUT2D eigenvalue weighted by molar-refractivity contribution is 7.92. The maximum absolute atomic E-state index is 12.4. The summed E-state index contributed by atoms with van der Waals surface area (Å²) in [6.45, 7) is -3.04. The second-order valence-corrected chi connectivity index (χ2v) is 7.39. The Morgan fingerprint density at radius 3 is 2.58 bits per heavy atom. The molecule has 6 nitrogen and oxygen atoms in total. The van der Waals surface area contributed by atoms with E-state index in [1.165, 1.54) is 36.4 Å². The highest BCUT2D eigenvalue weighted by Gasteiger charge is 2.13. The number of benzene rings is 2. The van der Waals surface area contributed by atoms with Gasteiger partial charge in [-0.3, -0.25) is 9.52 Å². The largest absolute Gasteiger partial charge is 0.434 e. The van der Waals surface area contributed by atoms with Crippen LogP contribution in [0.15, 0.2) is 42.5 Å². The molecule has 10 heteroatoms. The zero-order chi connectivity index (χ0) is 19.3. The molecule has 2 N–H and O–H groups in total. The fourth-order valence-corrected chi connectivity index (χ4v) is 2.87. The molecular weight excluding hydrogens is 390 g/mol. The molecule has 0 bridgehead atoms. The van der Waals surface area contributed by atoms with E-state index < -0.39 is 22.5 Å². The molecule has 140 valence electrons. The molecule has 0 fully saturated rings. The van der Waals surface area contributed by atoms with E-state index in [-0.39, 0.29) is 28.6 Å². The van der Waals surface area contributed by atoms with Gasteiger partial charge in [0.2, 0.25) is 10.0 Å². The van der Waals surface area contributed by atoms with Gasteiger partial charge in [-0.15, -0.1) is 0 Å². The maximum atomic E-state index is 12.4. The first-order valence-corrected chi connectivity index (χ1v) is 9.51. The fourth-order valence-electron chi connectivity index (χ4n) is 2.08. The van der Waals surface area contributed by atoms with Crippen molar-refractivity contribution in [3.8, 4) is 5.75 Å². The van der Waals surface area contributed by atoms with Crippen LogP contribution in [0.2, 0.25) is 5.02 Å². The number of alkyl halides is 2. The minimum absolute atomic E-state index is 0.0432. The minimum Gasteiger partial charge on any atom is -0.434 e. The first kappa shape index (κ1) is 19.9. The summed E-state index contributed by atoms with van der Waals surface area (Å²) in [7, 11) is -3.57. The van der Waals surface area contributed by atoms with E-state index in [9.17, 15) is 22.0 Å². The van der Waals surface area contributed by atoms with Crippen molar-refractivity contribution in [2.45, 2.75) is 13.2 Å². The molecule has 0 aromatic heterocycles. The Balaban J connectivity index is 2.13. The molecule has 0 saturated heterocycles. The lowest BCUT2D eigenvalue weighted by Crippen LogP contribution is -2.23. The number of nitrogens with one attached hydrogen (secondary N) is 2. The summed E-state index contributed by atoms with van der Waals surface area (Å²) < 4.78 is 54.1. The number of halogens is 3. The van der Waals surface area contributed by atoms with E-state index >= 15 is 0 Å². The van der Waals surface area contributed by atoms with Crippen LogP contribution in [0, 0.1) is 0 Å². The highest BCUT2D eigenvalue weighted by Crippen LogP contribution is 2.24. The van der Waals surface area contributed by atoms with Crippen LogP contribution in [0.3, 0.4) is 0 Å². The molecule has 0 radical (unpaired) electrons. The molecule has 0 unspecified atom stereocenters. The van der Waals surface area contributed by atoms with E-state index in [2.05, 4.69) is 14.8 Å². The number of rotatable bonds is 7. The maximum Gasteiger partial charge on any atom is 0.387 e. The number of ether oxygens (including phenoxy) is 1. The molecule has 1 amide bonds. The van der Waals surface area contributed by atoms with Crippen molar-refractivity contribution in [1.82, 2.24) is 5.32 Å². The summed E-state index contributed by atoms with van der Waals surface area (Å²) in [4.78, 5) is 12.3. The molecule has 0 aliphatic rings. The van der Waals surface area contributed by atoms with Crippen molar-refractivity contribution < 1.29 is 26.7 Å². The van der Waals surface area contributed by atoms with Crippen molar-refractivity contribution in [1.29, 1.82) is 0 Å². The quantitative estimate of drug-likeness (QED) is 0.742. The summed E-state index contributed by atoms with van der Waals surface area (Å²) in [6, 6.07) is 10.1. The van der Waals surface area contributed by atoms with Crippen molar-refractivity contribution in [2.75, 3.05) is 11.0 Å². The number of hydrogen-bond donors (Lipinski definition) is 2. The standard InChI is InChI=1S/C16H15ClF2N2O4S/c1-26(23,24)21-13-8-10(6-7-12(13)17)15(22)20-9-11-4-2-3-5-14(11)25-16(18)19/h2-8,16,21H,9H2,1H3,(H,20,22). The number of sulfonamides is 1. The molecule has 0 spiro atoms. The predicted molar refractivity (Wildman–Crippen MR) is 94.2 cm³/mol. The Kier molecular flexibility index (Phi) is 6.38. The molecule has 2 rings (SSSR count). The molecule has 0 heterocycles. The average Bonchev–Trinajstić information content (AvgIpc) is 2.54. The third-order valence-electron chi connectivity index (χ3n) is 3.15. The molecule has 2 aromatic carbocycles. The summed E-state index contributed by atoms with van der Waals surface area (Å²) in [5.41, 5.74) is 0.570. The lowest BCUT2D eigenvalue weighted by atomic mass is 10.1. The van der Waals surface area contributed by atoms with Gasteiger partial charge in [-0.05, 0) is 24.3 Å². The molecule has 0 saturated carbocycles. The van der Waals surface area contributed by atoms with Crippen LogP contribution >= 0.6 is 11.6 Å². The van der Waals surface area contributed by atoms with Gasteiger partial charge >= 0.3 is 6.61 Å². The molecular formula is C16H15ClF2N2O4S. The highest BCUT2D eigenvalue weighted by atomic mass is 35.5. The number of para-hydroxylation sites is 1. The summed E-state index contributed by atoms with van der Waals surface area (Å²) in [5, 5.41) is 2.68. The van der Waals surface area contributed by atoms with E-state index in [4.69, 9.17) is 11.6 Å². The SMILES string of the molecule is CS(=O)(=O)Nc1cc(C(=O)NCc2ccccc2OC(F)F)ccc1Cl. The van der Waals surface area contributed by atoms with Gasteiger partial charge in [0.25, 0.3) is 5.91 Å². The predicted octanol–water partition coefficient (Wildman–Crippen LogP) is 3.24. The average molecular weight is 405 g/mol. The fraction of sp³-hybridized carbons (Fsp3) is 0.188. The number of amides is 1. The van der Waals surface area contributed by atoms with Gasteiger partial charge in [-0.1, -0.05) is 29.8 Å². The monoisotopic (exact) mass is 404 g/mol. The lowest BCUT2D eigenvalue weighted by Gasteiger charge is -2.12.